The van der Waals surface area contributed by atoms with Crippen LogP contribution < -0.4 is 4.90 Å². The van der Waals surface area contributed by atoms with Gasteiger partial charge in [0.1, 0.15) is 6.04 Å². The largest absolute Gasteiger partial charge is 0.356 e. The van der Waals surface area contributed by atoms with E-state index >= 15 is 0 Å². The molecule has 0 bridgehead atoms. The second-order valence-corrected chi connectivity index (χ2v) is 7.80. The zero-order valence-corrected chi connectivity index (χ0v) is 16.9. The predicted octanol–water partition coefficient (Wildman–Crippen LogP) is 5.63. The molecule has 4 aromatic rings. The fourth-order valence-corrected chi connectivity index (χ4v) is 4.32. The van der Waals surface area contributed by atoms with Gasteiger partial charge in [-0.2, -0.15) is 0 Å². The van der Waals surface area contributed by atoms with E-state index in [1.165, 1.54) is 25.1 Å². The van der Waals surface area contributed by atoms with Gasteiger partial charge in [0.15, 0.2) is 23.3 Å². The summed E-state index contributed by atoms with van der Waals surface area (Å²) in [4.78, 5) is 13.1. The van der Waals surface area contributed by atoms with Crippen LogP contribution in [0.4, 0.5) is 23.5 Å². The molecular weight excluding hydrogens is 432 g/mol. The number of aromatic amines is 1. The normalized spacial score (nSPS) is 16.1. The standard InChI is InChI=1S/C22H15ClF4N4/c1-10-15(25)9-28-22(29-10)31-8-7-11-17-16(6-5-13(23)19(17)27)30-20(11)21(31)12-3-2-4-14(24)18(12)26/h2-6,9,21,30H,7-8H2,1H3. The van der Waals surface area contributed by atoms with Crippen LogP contribution in [0.5, 0.6) is 0 Å². The number of rotatable bonds is 2. The van der Waals surface area contributed by atoms with Gasteiger partial charge in [0.2, 0.25) is 5.95 Å². The summed E-state index contributed by atoms with van der Waals surface area (Å²) < 4.78 is 57.6. The SMILES string of the molecule is Cc1nc(N2CCc3c([nH]c4ccc(Cl)c(F)c34)C2c2cccc(F)c2F)ncc1F. The molecule has 2 aromatic carbocycles. The first-order valence-corrected chi connectivity index (χ1v) is 9.92. The van der Waals surface area contributed by atoms with E-state index in [1.807, 2.05) is 0 Å². The second kappa shape index (κ2) is 7.23. The smallest absolute Gasteiger partial charge is 0.226 e. The fraction of sp³-hybridized carbons (Fsp3) is 0.182. The Morgan fingerprint density at radius 2 is 1.87 bits per heavy atom. The van der Waals surface area contributed by atoms with Crippen molar-refractivity contribution in [3.63, 3.8) is 0 Å². The molecule has 1 aliphatic heterocycles. The van der Waals surface area contributed by atoms with Gasteiger partial charge in [-0.1, -0.05) is 23.7 Å². The minimum absolute atomic E-state index is 0.0253. The lowest BCUT2D eigenvalue weighted by molar-refractivity contribution is 0.485. The zero-order valence-electron chi connectivity index (χ0n) is 16.2. The number of aromatic nitrogens is 3. The maximum absolute atomic E-state index is 14.9. The van der Waals surface area contributed by atoms with Crippen LogP contribution in [0, 0.1) is 30.2 Å². The molecule has 0 aliphatic carbocycles. The quantitative estimate of drug-likeness (QED) is 0.406. The van der Waals surface area contributed by atoms with Crippen LogP contribution in [0.3, 0.4) is 0 Å². The van der Waals surface area contributed by atoms with Crippen molar-refractivity contribution < 1.29 is 17.6 Å². The zero-order chi connectivity index (χ0) is 21.9. The summed E-state index contributed by atoms with van der Waals surface area (Å²) in [6.45, 7) is 1.77. The van der Waals surface area contributed by atoms with Gasteiger partial charge >= 0.3 is 0 Å². The number of nitrogens with zero attached hydrogens (tertiary/aromatic N) is 3. The maximum Gasteiger partial charge on any atom is 0.226 e. The van der Waals surface area contributed by atoms with Crippen LogP contribution in [0.25, 0.3) is 10.9 Å². The van der Waals surface area contributed by atoms with Crippen LogP contribution in [-0.2, 0) is 6.42 Å². The molecule has 2 aromatic heterocycles. The molecule has 1 atom stereocenters. The highest BCUT2D eigenvalue weighted by molar-refractivity contribution is 6.31. The summed E-state index contributed by atoms with van der Waals surface area (Å²) in [5, 5.41) is 0.294. The first-order chi connectivity index (χ1) is 14.9. The molecule has 1 aliphatic rings. The average Bonchev–Trinajstić information content (AvgIpc) is 3.13. The van der Waals surface area contributed by atoms with E-state index < -0.39 is 29.3 Å². The van der Waals surface area contributed by atoms with Crippen LogP contribution >= 0.6 is 11.6 Å². The Morgan fingerprint density at radius 3 is 2.65 bits per heavy atom. The molecule has 1 N–H and O–H groups in total. The molecule has 9 heteroatoms. The Labute approximate surface area is 179 Å². The number of nitrogens with one attached hydrogen (secondary N) is 1. The van der Waals surface area contributed by atoms with Gasteiger partial charge < -0.3 is 9.88 Å². The molecular formula is C22H15ClF4N4. The molecule has 31 heavy (non-hydrogen) atoms. The number of halogens is 5. The van der Waals surface area contributed by atoms with Gasteiger partial charge in [-0.3, -0.25) is 0 Å². The predicted molar refractivity (Wildman–Crippen MR) is 109 cm³/mol. The van der Waals surface area contributed by atoms with Crippen molar-refractivity contribution in [3.05, 3.63) is 87.3 Å². The van der Waals surface area contributed by atoms with Crippen molar-refractivity contribution in [1.29, 1.82) is 0 Å². The van der Waals surface area contributed by atoms with E-state index in [9.17, 15) is 17.6 Å². The van der Waals surface area contributed by atoms with Crippen molar-refractivity contribution in [2.45, 2.75) is 19.4 Å². The monoisotopic (exact) mass is 446 g/mol. The third kappa shape index (κ3) is 3.05. The molecule has 158 valence electrons. The summed E-state index contributed by atoms with van der Waals surface area (Å²) in [5.74, 6) is -3.02. The lowest BCUT2D eigenvalue weighted by Crippen LogP contribution is -2.38. The topological polar surface area (TPSA) is 44.8 Å². The van der Waals surface area contributed by atoms with Gasteiger partial charge in [0.25, 0.3) is 0 Å². The Kier molecular flexibility index (Phi) is 4.62. The van der Waals surface area contributed by atoms with Gasteiger partial charge in [-0.25, -0.2) is 27.5 Å². The van der Waals surface area contributed by atoms with Gasteiger partial charge in [0, 0.05) is 28.7 Å². The Bertz CT molecular complexity index is 1340. The van der Waals surface area contributed by atoms with Gasteiger partial charge in [-0.15, -0.1) is 0 Å². The lowest BCUT2D eigenvalue weighted by atomic mass is 9.92. The highest BCUT2D eigenvalue weighted by Crippen LogP contribution is 2.42. The molecule has 5 rings (SSSR count). The number of hydrogen-bond donors (Lipinski definition) is 1. The molecule has 0 spiro atoms. The van der Waals surface area contributed by atoms with E-state index in [0.29, 0.717) is 28.6 Å². The fourth-order valence-electron chi connectivity index (χ4n) is 4.16. The molecule has 4 nitrogen and oxygen atoms in total. The number of aryl methyl sites for hydroxylation is 1. The number of fused-ring (bicyclic) bond motifs is 3. The summed E-state index contributed by atoms with van der Waals surface area (Å²) in [7, 11) is 0. The van der Waals surface area contributed by atoms with E-state index in [2.05, 4.69) is 15.0 Å². The Morgan fingerprint density at radius 1 is 1.06 bits per heavy atom. The summed E-state index contributed by atoms with van der Waals surface area (Å²) in [6.07, 6.45) is 1.41. The number of hydrogen-bond acceptors (Lipinski definition) is 3. The summed E-state index contributed by atoms with van der Waals surface area (Å²) in [6, 6.07) is 6.07. The first-order valence-electron chi connectivity index (χ1n) is 9.55. The maximum atomic E-state index is 14.9. The minimum Gasteiger partial charge on any atom is -0.356 e. The van der Waals surface area contributed by atoms with Crippen molar-refractivity contribution in [3.8, 4) is 0 Å². The highest BCUT2D eigenvalue weighted by atomic mass is 35.5. The van der Waals surface area contributed by atoms with Gasteiger partial charge in [0.05, 0.1) is 16.9 Å². The average molecular weight is 447 g/mol. The van der Waals surface area contributed by atoms with Crippen LogP contribution in [0.1, 0.15) is 28.6 Å². The second-order valence-electron chi connectivity index (χ2n) is 7.39. The Hall–Kier alpha value is -3.13. The highest BCUT2D eigenvalue weighted by Gasteiger charge is 2.36. The first kappa shape index (κ1) is 19.8. The summed E-state index contributed by atoms with van der Waals surface area (Å²) >= 11 is 5.98. The third-order valence-corrected chi connectivity index (χ3v) is 5.91. The number of benzene rings is 2. The van der Waals surface area contributed by atoms with E-state index in [4.69, 9.17) is 11.6 Å². The van der Waals surface area contributed by atoms with E-state index in [0.717, 1.165) is 12.3 Å². The number of H-pyrrole nitrogens is 1. The van der Waals surface area contributed by atoms with E-state index in [-0.39, 0.29) is 28.8 Å². The third-order valence-electron chi connectivity index (χ3n) is 5.62. The van der Waals surface area contributed by atoms with Crippen LogP contribution in [0.15, 0.2) is 36.5 Å². The van der Waals surface area contributed by atoms with Crippen LogP contribution in [0.2, 0.25) is 5.02 Å². The molecule has 0 fully saturated rings. The molecule has 3 heterocycles. The van der Waals surface area contributed by atoms with Crippen LogP contribution in [-0.4, -0.2) is 21.5 Å². The number of anilines is 1. The molecule has 0 saturated heterocycles. The van der Waals surface area contributed by atoms with Crippen molar-refractivity contribution >= 4 is 28.5 Å². The van der Waals surface area contributed by atoms with Gasteiger partial charge in [-0.05, 0) is 37.1 Å². The summed E-state index contributed by atoms with van der Waals surface area (Å²) in [5.41, 5.74) is 1.76. The van der Waals surface area contributed by atoms with E-state index in [1.54, 1.807) is 11.0 Å². The van der Waals surface area contributed by atoms with Crippen molar-refractivity contribution in [2.24, 2.45) is 0 Å². The molecule has 0 radical (unpaired) electrons. The molecule has 0 saturated carbocycles. The Balaban J connectivity index is 1.78. The molecule has 0 amide bonds. The molecule has 1 unspecified atom stereocenters. The van der Waals surface area contributed by atoms with Crippen molar-refractivity contribution in [2.75, 3.05) is 11.4 Å². The van der Waals surface area contributed by atoms with Crippen molar-refractivity contribution in [1.82, 2.24) is 15.0 Å². The lowest BCUT2D eigenvalue weighted by Gasteiger charge is -2.36. The minimum atomic E-state index is -1.03.